The van der Waals surface area contributed by atoms with Crippen LogP contribution in [0.3, 0.4) is 0 Å². The molecule has 0 radical (unpaired) electrons. The Bertz CT molecular complexity index is 266. The number of rotatable bonds is 6. The van der Waals surface area contributed by atoms with E-state index in [1.165, 1.54) is 0 Å². The van der Waals surface area contributed by atoms with Crippen molar-refractivity contribution in [1.29, 1.82) is 0 Å². The van der Waals surface area contributed by atoms with Gasteiger partial charge in [-0.25, -0.2) is 9.59 Å². The number of carbonyl (C=O) groups is 2. The van der Waals surface area contributed by atoms with E-state index in [1.807, 2.05) is 27.7 Å². The van der Waals surface area contributed by atoms with E-state index in [2.05, 4.69) is 5.32 Å². The zero-order valence-electron chi connectivity index (χ0n) is 11.4. The molecule has 0 aromatic rings. The molecule has 2 atom stereocenters. The lowest BCUT2D eigenvalue weighted by Crippen LogP contribution is -2.50. The van der Waals surface area contributed by atoms with Gasteiger partial charge in [-0.3, -0.25) is 0 Å². The molecule has 2 N–H and O–H groups in total. The van der Waals surface area contributed by atoms with Crippen LogP contribution in [0.1, 0.15) is 40.5 Å². The summed E-state index contributed by atoms with van der Waals surface area (Å²) < 4.78 is 0. The van der Waals surface area contributed by atoms with Crippen LogP contribution in [0.2, 0.25) is 0 Å². The highest BCUT2D eigenvalue weighted by Crippen LogP contribution is 2.08. The largest absolute Gasteiger partial charge is 0.480 e. The van der Waals surface area contributed by atoms with E-state index in [9.17, 15) is 9.59 Å². The van der Waals surface area contributed by atoms with Gasteiger partial charge in [0.25, 0.3) is 0 Å². The molecular formula is C12H24N2O3. The standard InChI is InChI=1S/C12H24N2O3/c1-6-7-10(11(15)16)13-12(17)14(5)9(4)8(2)3/h8-10H,6-7H2,1-5H3,(H,13,17)(H,15,16). The molecule has 100 valence electrons. The maximum atomic E-state index is 11.8. The van der Waals surface area contributed by atoms with Crippen LogP contribution in [-0.4, -0.2) is 41.1 Å². The smallest absolute Gasteiger partial charge is 0.326 e. The highest BCUT2D eigenvalue weighted by Gasteiger charge is 2.23. The van der Waals surface area contributed by atoms with E-state index in [-0.39, 0.29) is 12.1 Å². The Morgan fingerprint density at radius 2 is 1.82 bits per heavy atom. The fourth-order valence-electron chi connectivity index (χ4n) is 1.43. The van der Waals surface area contributed by atoms with Crippen molar-refractivity contribution in [1.82, 2.24) is 10.2 Å². The first kappa shape index (κ1) is 15.7. The molecule has 0 bridgehead atoms. The summed E-state index contributed by atoms with van der Waals surface area (Å²) >= 11 is 0. The van der Waals surface area contributed by atoms with Crippen molar-refractivity contribution in [3.63, 3.8) is 0 Å². The summed E-state index contributed by atoms with van der Waals surface area (Å²) in [6, 6.07) is -1.05. The Balaban J connectivity index is 4.45. The average molecular weight is 244 g/mol. The van der Waals surface area contributed by atoms with Gasteiger partial charge >= 0.3 is 12.0 Å². The Labute approximate surface area is 103 Å². The SMILES string of the molecule is CCCC(NC(=O)N(C)C(C)C(C)C)C(=O)O. The Hall–Kier alpha value is -1.26. The highest BCUT2D eigenvalue weighted by molar-refractivity contribution is 5.82. The Kier molecular flexibility index (Phi) is 6.61. The average Bonchev–Trinajstić information content (AvgIpc) is 2.25. The molecule has 0 aliphatic rings. The predicted octanol–water partition coefficient (Wildman–Crippen LogP) is 1.93. The van der Waals surface area contributed by atoms with E-state index in [0.717, 1.165) is 6.42 Å². The fourth-order valence-corrected chi connectivity index (χ4v) is 1.43. The number of carbonyl (C=O) groups excluding carboxylic acids is 1. The van der Waals surface area contributed by atoms with Crippen LogP contribution >= 0.6 is 0 Å². The van der Waals surface area contributed by atoms with Crippen LogP contribution in [0.5, 0.6) is 0 Å². The van der Waals surface area contributed by atoms with Crippen LogP contribution < -0.4 is 5.32 Å². The number of hydrogen-bond donors (Lipinski definition) is 2. The van der Waals surface area contributed by atoms with Crippen molar-refractivity contribution < 1.29 is 14.7 Å². The van der Waals surface area contributed by atoms with E-state index in [4.69, 9.17) is 5.11 Å². The van der Waals surface area contributed by atoms with Gasteiger partial charge in [0.15, 0.2) is 0 Å². The molecule has 0 saturated carbocycles. The van der Waals surface area contributed by atoms with Gasteiger partial charge in [0.1, 0.15) is 6.04 Å². The maximum absolute atomic E-state index is 11.8. The molecule has 0 heterocycles. The van der Waals surface area contributed by atoms with Gasteiger partial charge in [0.2, 0.25) is 0 Å². The van der Waals surface area contributed by atoms with Gasteiger partial charge in [0, 0.05) is 13.1 Å². The van der Waals surface area contributed by atoms with Gasteiger partial charge in [-0.15, -0.1) is 0 Å². The number of carboxylic acids is 1. The van der Waals surface area contributed by atoms with Gasteiger partial charge in [-0.2, -0.15) is 0 Å². The number of nitrogens with one attached hydrogen (secondary N) is 1. The van der Waals surface area contributed by atoms with E-state index >= 15 is 0 Å². The summed E-state index contributed by atoms with van der Waals surface area (Å²) in [5.41, 5.74) is 0. The summed E-state index contributed by atoms with van der Waals surface area (Å²) in [5.74, 6) is -0.647. The summed E-state index contributed by atoms with van der Waals surface area (Å²) in [6.07, 6.45) is 1.17. The third kappa shape index (κ3) is 5.06. The molecule has 5 heteroatoms. The first-order valence-corrected chi connectivity index (χ1v) is 6.07. The van der Waals surface area contributed by atoms with Crippen LogP contribution in [0.15, 0.2) is 0 Å². The Morgan fingerprint density at radius 3 is 2.18 bits per heavy atom. The molecule has 5 nitrogen and oxygen atoms in total. The van der Waals surface area contributed by atoms with Crippen molar-refractivity contribution in [3.8, 4) is 0 Å². The van der Waals surface area contributed by atoms with Gasteiger partial charge in [0.05, 0.1) is 0 Å². The lowest BCUT2D eigenvalue weighted by molar-refractivity contribution is -0.139. The van der Waals surface area contributed by atoms with Crippen LogP contribution in [-0.2, 0) is 4.79 Å². The number of hydrogen-bond acceptors (Lipinski definition) is 2. The van der Waals surface area contributed by atoms with Crippen molar-refractivity contribution in [3.05, 3.63) is 0 Å². The minimum Gasteiger partial charge on any atom is -0.480 e. The lowest BCUT2D eigenvalue weighted by atomic mass is 10.1. The van der Waals surface area contributed by atoms with Crippen molar-refractivity contribution >= 4 is 12.0 Å². The van der Waals surface area contributed by atoms with Gasteiger partial charge < -0.3 is 15.3 Å². The molecule has 0 spiro atoms. The normalized spacial score (nSPS) is 14.2. The number of amides is 2. The fraction of sp³-hybridized carbons (Fsp3) is 0.833. The number of aliphatic carboxylic acids is 1. The summed E-state index contributed by atoms with van der Waals surface area (Å²) in [7, 11) is 1.69. The van der Waals surface area contributed by atoms with Crippen molar-refractivity contribution in [2.45, 2.75) is 52.6 Å². The second-order valence-electron chi connectivity index (χ2n) is 4.72. The van der Waals surface area contributed by atoms with Crippen LogP contribution in [0.25, 0.3) is 0 Å². The van der Waals surface area contributed by atoms with E-state index in [0.29, 0.717) is 12.3 Å². The minimum atomic E-state index is -0.981. The second-order valence-corrected chi connectivity index (χ2v) is 4.72. The third-order valence-corrected chi connectivity index (χ3v) is 3.07. The predicted molar refractivity (Wildman–Crippen MR) is 66.9 cm³/mol. The topological polar surface area (TPSA) is 69.6 Å². The molecule has 2 amide bonds. The molecule has 0 aliphatic carbocycles. The molecule has 17 heavy (non-hydrogen) atoms. The molecule has 0 aliphatic heterocycles. The first-order chi connectivity index (χ1) is 7.81. The monoisotopic (exact) mass is 244 g/mol. The lowest BCUT2D eigenvalue weighted by Gasteiger charge is -2.29. The molecule has 0 saturated heterocycles. The Morgan fingerprint density at radius 1 is 1.29 bits per heavy atom. The summed E-state index contributed by atoms with van der Waals surface area (Å²) in [6.45, 7) is 7.88. The quantitative estimate of drug-likeness (QED) is 0.750. The third-order valence-electron chi connectivity index (χ3n) is 3.07. The molecule has 0 fully saturated rings. The van der Waals surface area contributed by atoms with Crippen molar-refractivity contribution in [2.75, 3.05) is 7.05 Å². The maximum Gasteiger partial charge on any atom is 0.326 e. The van der Waals surface area contributed by atoms with E-state index < -0.39 is 12.0 Å². The highest BCUT2D eigenvalue weighted by atomic mass is 16.4. The zero-order chi connectivity index (χ0) is 13.6. The first-order valence-electron chi connectivity index (χ1n) is 6.07. The minimum absolute atomic E-state index is 0.0751. The molecule has 0 aromatic heterocycles. The summed E-state index contributed by atoms with van der Waals surface area (Å²) in [4.78, 5) is 24.3. The van der Waals surface area contributed by atoms with Crippen LogP contribution in [0.4, 0.5) is 4.79 Å². The number of nitrogens with zero attached hydrogens (tertiary/aromatic N) is 1. The molecule has 0 rings (SSSR count). The number of urea groups is 1. The summed E-state index contributed by atoms with van der Waals surface area (Å²) in [5, 5.41) is 11.5. The molecule has 2 unspecified atom stereocenters. The van der Waals surface area contributed by atoms with Gasteiger partial charge in [-0.05, 0) is 19.3 Å². The number of carboxylic acid groups (broad SMARTS) is 1. The van der Waals surface area contributed by atoms with E-state index in [1.54, 1.807) is 11.9 Å². The molecule has 0 aromatic carbocycles. The van der Waals surface area contributed by atoms with Gasteiger partial charge in [-0.1, -0.05) is 27.2 Å². The second kappa shape index (κ2) is 7.14. The zero-order valence-corrected chi connectivity index (χ0v) is 11.4. The van der Waals surface area contributed by atoms with Crippen LogP contribution in [0, 0.1) is 5.92 Å². The van der Waals surface area contributed by atoms with Crippen molar-refractivity contribution in [2.24, 2.45) is 5.92 Å². The molecular weight excluding hydrogens is 220 g/mol.